The summed E-state index contributed by atoms with van der Waals surface area (Å²) in [6, 6.07) is -1.30. The molecule has 1 aromatic heterocycles. The van der Waals surface area contributed by atoms with E-state index in [1.165, 1.54) is 0 Å². The van der Waals surface area contributed by atoms with Crippen molar-refractivity contribution in [1.82, 2.24) is 30.6 Å². The molecule has 0 spiro atoms. The zero-order valence-corrected chi connectivity index (χ0v) is 21.5. The van der Waals surface area contributed by atoms with Gasteiger partial charge in [0.05, 0.1) is 24.2 Å². The molecule has 4 saturated heterocycles. The van der Waals surface area contributed by atoms with Gasteiger partial charge in [0.1, 0.15) is 0 Å². The molecule has 2 N–H and O–H groups in total. The third-order valence-electron chi connectivity index (χ3n) is 8.16. The number of nitrogens with zero attached hydrogens (tertiary/aromatic N) is 5. The van der Waals surface area contributed by atoms with Crippen molar-refractivity contribution in [2.45, 2.75) is 68.7 Å². The third-order valence-corrected chi connectivity index (χ3v) is 8.16. The van der Waals surface area contributed by atoms with E-state index in [9.17, 15) is 35.9 Å². The summed E-state index contributed by atoms with van der Waals surface area (Å²) < 4.78 is 85.6. The van der Waals surface area contributed by atoms with Crippen LogP contribution in [-0.2, 0) is 20.5 Å². The molecule has 10 nitrogen and oxygen atoms in total. The van der Waals surface area contributed by atoms with Crippen molar-refractivity contribution >= 4 is 17.8 Å². The Hall–Kier alpha value is -2.72. The number of carbonyl (C=O) groups excluding carboxylic acids is 2. The molecule has 4 fully saturated rings. The van der Waals surface area contributed by atoms with Gasteiger partial charge in [-0.3, -0.25) is 19.9 Å². The molecule has 4 aliphatic heterocycles. The van der Waals surface area contributed by atoms with Crippen LogP contribution in [0.1, 0.15) is 37.7 Å². The fraction of sp³-hybridized carbons (Fsp3) is 0.750. The van der Waals surface area contributed by atoms with Gasteiger partial charge in [0.25, 0.3) is 0 Å². The largest absolute Gasteiger partial charge is 0.419 e. The number of hydrazine groups is 1. The molecule has 5 heterocycles. The minimum Gasteiger partial charge on any atom is -0.373 e. The van der Waals surface area contributed by atoms with Crippen molar-refractivity contribution in [3.05, 3.63) is 18.0 Å². The van der Waals surface area contributed by atoms with Gasteiger partial charge in [0, 0.05) is 57.2 Å². The molecule has 5 rings (SSSR count). The van der Waals surface area contributed by atoms with Crippen molar-refractivity contribution in [2.75, 3.05) is 44.2 Å². The third kappa shape index (κ3) is 6.12. The van der Waals surface area contributed by atoms with Gasteiger partial charge in [-0.05, 0) is 32.2 Å². The van der Waals surface area contributed by atoms with E-state index in [0.29, 0.717) is 58.4 Å². The highest BCUT2D eigenvalue weighted by Gasteiger charge is 2.55. The maximum Gasteiger partial charge on any atom is 0.419 e. The molecular weight excluding hydrogens is 548 g/mol. The summed E-state index contributed by atoms with van der Waals surface area (Å²) in [6.07, 6.45) is -5.69. The van der Waals surface area contributed by atoms with Crippen LogP contribution in [0, 0.1) is 5.92 Å². The summed E-state index contributed by atoms with van der Waals surface area (Å²) in [5, 5.41) is 0. The highest BCUT2D eigenvalue weighted by molar-refractivity contribution is 5.80. The van der Waals surface area contributed by atoms with E-state index in [-0.39, 0.29) is 43.1 Å². The number of halogens is 6. The van der Waals surface area contributed by atoms with E-state index >= 15 is 0 Å². The number of alkyl halides is 6. The van der Waals surface area contributed by atoms with Crippen LogP contribution in [0.15, 0.2) is 12.4 Å². The highest BCUT2D eigenvalue weighted by Crippen LogP contribution is 2.39. The number of aromatic nitrogens is 2. The number of anilines is 1. The lowest BCUT2D eigenvalue weighted by atomic mass is 9.93. The number of hydrogen-bond donors (Lipinski definition) is 2. The van der Waals surface area contributed by atoms with Crippen molar-refractivity contribution < 1.29 is 40.7 Å². The zero-order chi connectivity index (χ0) is 28.7. The average Bonchev–Trinajstić information content (AvgIpc) is 3.57. The molecule has 4 aliphatic rings. The number of hydrogen-bond acceptors (Lipinski definition) is 8. The first-order chi connectivity index (χ1) is 18.9. The molecule has 2 amide bonds. The normalized spacial score (nSPS) is 30.6. The second-order valence-electron chi connectivity index (χ2n) is 10.6. The predicted molar refractivity (Wildman–Crippen MR) is 128 cm³/mol. The number of ether oxygens (including phenoxy) is 1. The number of nitrogens with one attached hydrogen (secondary N) is 2. The summed E-state index contributed by atoms with van der Waals surface area (Å²) in [4.78, 5) is 37.8. The Balaban J connectivity index is 1.12. The van der Waals surface area contributed by atoms with E-state index in [1.54, 1.807) is 14.7 Å². The average molecular weight is 580 g/mol. The Kier molecular flexibility index (Phi) is 8.12. The van der Waals surface area contributed by atoms with Crippen LogP contribution in [0.5, 0.6) is 0 Å². The Labute approximate surface area is 226 Å². The van der Waals surface area contributed by atoms with E-state index < -0.39 is 35.8 Å². The van der Waals surface area contributed by atoms with Gasteiger partial charge in [0.2, 0.25) is 17.8 Å². The maximum absolute atomic E-state index is 13.7. The van der Waals surface area contributed by atoms with Gasteiger partial charge >= 0.3 is 12.4 Å². The fourth-order valence-corrected chi connectivity index (χ4v) is 6.19. The first kappa shape index (κ1) is 28.8. The minimum absolute atomic E-state index is 0.0233. The van der Waals surface area contributed by atoms with Crippen molar-refractivity contribution in [1.29, 1.82) is 0 Å². The molecule has 1 aromatic rings. The van der Waals surface area contributed by atoms with Gasteiger partial charge in [-0.25, -0.2) is 15.4 Å². The first-order valence-electron chi connectivity index (χ1n) is 13.3. The smallest absolute Gasteiger partial charge is 0.373 e. The molecule has 40 heavy (non-hydrogen) atoms. The molecular formula is C24H31F6N7O3. The standard InChI is InChI=1S/C24H31F6N7O3/c25-23(26,27)14-11-31-22(32-12-14)36-8-6-35(7-9-36)19(38)10-15-3-4-18(40-15)16-2-1-5-37(16)17-13-33-34-21(39)20(17)24(28,29)30/h11-12,15-18,20,33H,1-10,13H2,(H,34,39)/t15-,16+,17?,18-,20?/m1/s1. The fourth-order valence-electron chi connectivity index (χ4n) is 6.19. The monoisotopic (exact) mass is 579 g/mol. The SMILES string of the molecule is O=C1NNCC(N2CCC[C@H]2[C@H]2CC[C@H](CC(=O)N3CCN(c4ncc(C(F)(F)F)cn4)CC3)O2)C1C(F)(F)F. The van der Waals surface area contributed by atoms with Crippen LogP contribution in [0.3, 0.4) is 0 Å². The van der Waals surface area contributed by atoms with Crippen LogP contribution in [0.25, 0.3) is 0 Å². The number of likely N-dealkylation sites (tertiary alicyclic amines) is 1. The van der Waals surface area contributed by atoms with Crippen molar-refractivity contribution in [2.24, 2.45) is 5.92 Å². The Morgan fingerprint density at radius 2 is 1.68 bits per heavy atom. The topological polar surface area (TPSA) is 103 Å². The van der Waals surface area contributed by atoms with Gasteiger partial charge < -0.3 is 14.5 Å². The lowest BCUT2D eigenvalue weighted by Gasteiger charge is -2.42. The van der Waals surface area contributed by atoms with Crippen LogP contribution in [0.2, 0.25) is 0 Å². The summed E-state index contributed by atoms with van der Waals surface area (Å²) >= 11 is 0. The Bertz CT molecular complexity index is 1060. The lowest BCUT2D eigenvalue weighted by Crippen LogP contribution is -2.65. The van der Waals surface area contributed by atoms with Crippen molar-refractivity contribution in [3.63, 3.8) is 0 Å². The molecule has 5 atom stereocenters. The lowest BCUT2D eigenvalue weighted by molar-refractivity contribution is -0.202. The van der Waals surface area contributed by atoms with Crippen LogP contribution < -0.4 is 15.8 Å². The molecule has 0 aliphatic carbocycles. The number of rotatable bonds is 5. The minimum atomic E-state index is -4.67. The van der Waals surface area contributed by atoms with Gasteiger partial charge in [-0.15, -0.1) is 0 Å². The van der Waals surface area contributed by atoms with Crippen LogP contribution in [0.4, 0.5) is 32.3 Å². The van der Waals surface area contributed by atoms with E-state index in [4.69, 9.17) is 4.74 Å². The highest BCUT2D eigenvalue weighted by atomic mass is 19.4. The summed E-state index contributed by atoms with van der Waals surface area (Å²) in [7, 11) is 0. The van der Waals surface area contributed by atoms with Crippen molar-refractivity contribution in [3.8, 4) is 0 Å². The number of carbonyl (C=O) groups is 2. The van der Waals surface area contributed by atoms with Gasteiger partial charge in [-0.2, -0.15) is 26.3 Å². The molecule has 2 unspecified atom stereocenters. The van der Waals surface area contributed by atoms with Crippen LogP contribution in [-0.4, -0.2) is 101 Å². The quantitative estimate of drug-likeness (QED) is 0.509. The summed E-state index contributed by atoms with van der Waals surface area (Å²) in [6.45, 7) is 1.85. The zero-order valence-electron chi connectivity index (χ0n) is 21.5. The number of piperazine rings is 1. The molecule has 16 heteroatoms. The first-order valence-corrected chi connectivity index (χ1v) is 13.3. The Morgan fingerprint density at radius 3 is 2.33 bits per heavy atom. The second kappa shape index (κ2) is 11.3. The molecule has 0 radical (unpaired) electrons. The number of amides is 2. The maximum atomic E-state index is 13.7. The van der Waals surface area contributed by atoms with E-state index in [2.05, 4.69) is 20.8 Å². The molecule has 0 bridgehead atoms. The van der Waals surface area contributed by atoms with Gasteiger partial charge in [0.15, 0.2) is 5.92 Å². The van der Waals surface area contributed by atoms with E-state index in [1.807, 2.05) is 0 Å². The predicted octanol–water partition coefficient (Wildman–Crippen LogP) is 1.73. The second-order valence-corrected chi connectivity index (χ2v) is 10.6. The Morgan fingerprint density at radius 1 is 0.975 bits per heavy atom. The molecule has 0 saturated carbocycles. The van der Waals surface area contributed by atoms with E-state index in [0.717, 1.165) is 12.4 Å². The molecule has 0 aromatic carbocycles. The molecule has 222 valence electrons. The van der Waals surface area contributed by atoms with Crippen LogP contribution >= 0.6 is 0 Å². The summed E-state index contributed by atoms with van der Waals surface area (Å²) in [5.74, 6) is -3.16. The summed E-state index contributed by atoms with van der Waals surface area (Å²) in [5.41, 5.74) is 3.75. The van der Waals surface area contributed by atoms with Gasteiger partial charge in [-0.1, -0.05) is 0 Å².